The summed E-state index contributed by atoms with van der Waals surface area (Å²) in [6.45, 7) is 2.47. The van der Waals surface area contributed by atoms with Crippen LogP contribution in [-0.4, -0.2) is 67.8 Å². The molecule has 0 saturated carbocycles. The Bertz CT molecular complexity index is 1130. The van der Waals surface area contributed by atoms with E-state index in [9.17, 15) is 9.59 Å². The molecule has 1 atom stereocenters. The van der Waals surface area contributed by atoms with E-state index in [1.54, 1.807) is 38.9 Å². The van der Waals surface area contributed by atoms with Gasteiger partial charge in [-0.1, -0.05) is 35.0 Å². The van der Waals surface area contributed by atoms with Gasteiger partial charge >= 0.3 is 0 Å². The van der Waals surface area contributed by atoms with Crippen molar-refractivity contribution in [2.75, 3.05) is 26.2 Å². The third-order valence-electron chi connectivity index (χ3n) is 5.78. The number of rotatable bonds is 3. The fraction of sp³-hybridized carbons (Fsp3) is 0.318. The summed E-state index contributed by atoms with van der Waals surface area (Å²) >= 11 is 5.97. The summed E-state index contributed by atoms with van der Waals surface area (Å²) in [7, 11) is 0. The van der Waals surface area contributed by atoms with Crippen LogP contribution < -0.4 is 0 Å². The maximum atomic E-state index is 13.1. The maximum absolute atomic E-state index is 13.1. The molecule has 164 valence electrons. The molecule has 0 aliphatic carbocycles. The van der Waals surface area contributed by atoms with Crippen LogP contribution in [0.5, 0.6) is 0 Å². The molecule has 2 amide bonds. The molecule has 9 nitrogen and oxygen atoms in total. The van der Waals surface area contributed by atoms with E-state index in [1.165, 1.54) is 0 Å². The number of aromatic nitrogens is 4. The number of fused-ring (bicyclic) bond motifs is 1. The van der Waals surface area contributed by atoms with Crippen LogP contribution in [0, 0.1) is 0 Å². The molecule has 2 aliphatic rings. The number of carbonyl (C=O) groups is 2. The molecule has 0 radical (unpaired) electrons. The lowest BCUT2D eigenvalue weighted by molar-refractivity contribution is -0.00202. The number of nitrogens with zero attached hydrogens (tertiary/aromatic N) is 6. The minimum absolute atomic E-state index is 0.125. The molecule has 0 bridgehead atoms. The highest BCUT2D eigenvalue weighted by molar-refractivity contribution is 6.30. The Morgan fingerprint density at radius 2 is 1.69 bits per heavy atom. The van der Waals surface area contributed by atoms with E-state index >= 15 is 0 Å². The summed E-state index contributed by atoms with van der Waals surface area (Å²) < 4.78 is 7.72. The van der Waals surface area contributed by atoms with Crippen LogP contribution in [-0.2, 0) is 17.9 Å². The van der Waals surface area contributed by atoms with Crippen LogP contribution in [0.2, 0.25) is 5.02 Å². The molecule has 1 unspecified atom stereocenters. The summed E-state index contributed by atoms with van der Waals surface area (Å²) in [6.07, 6.45) is 1.42. The monoisotopic (exact) mass is 452 g/mol. The topological polar surface area (TPSA) is 93.5 Å². The van der Waals surface area contributed by atoms with E-state index in [1.807, 2.05) is 24.3 Å². The van der Waals surface area contributed by atoms with Crippen molar-refractivity contribution >= 4 is 23.4 Å². The lowest BCUT2D eigenvalue weighted by Crippen LogP contribution is -2.51. The number of pyridine rings is 1. The van der Waals surface area contributed by atoms with Crippen LogP contribution in [0.15, 0.2) is 48.7 Å². The van der Waals surface area contributed by atoms with E-state index < -0.39 is 0 Å². The van der Waals surface area contributed by atoms with Crippen molar-refractivity contribution in [3.63, 3.8) is 0 Å². The molecule has 1 aromatic carbocycles. The highest BCUT2D eigenvalue weighted by atomic mass is 35.5. The number of piperazine rings is 1. The van der Waals surface area contributed by atoms with Gasteiger partial charge in [0, 0.05) is 37.4 Å². The molecule has 3 aromatic rings. The quantitative estimate of drug-likeness (QED) is 0.604. The first-order valence-electron chi connectivity index (χ1n) is 10.4. The fourth-order valence-electron chi connectivity index (χ4n) is 3.97. The molecule has 2 aromatic heterocycles. The Morgan fingerprint density at radius 3 is 2.38 bits per heavy atom. The van der Waals surface area contributed by atoms with Crippen molar-refractivity contribution in [2.24, 2.45) is 0 Å². The Morgan fingerprint density at radius 1 is 0.969 bits per heavy atom. The number of benzene rings is 1. The largest absolute Gasteiger partial charge is 0.365 e. The molecule has 4 heterocycles. The third kappa shape index (κ3) is 3.96. The van der Waals surface area contributed by atoms with Crippen LogP contribution in [0.3, 0.4) is 0 Å². The standard InChI is InChI=1S/C22H21ClN6O3/c23-16-6-4-15(5-7-16)19-13-29-18(14-32-19)20(25-26-29)22(31)28-11-9-27(10-12-28)21(30)17-3-1-2-8-24-17/h1-8,19H,9-14H2. The zero-order valence-electron chi connectivity index (χ0n) is 17.2. The number of hydrogen-bond acceptors (Lipinski definition) is 6. The van der Waals surface area contributed by atoms with Crippen LogP contribution >= 0.6 is 11.6 Å². The minimum atomic E-state index is -0.190. The highest BCUT2D eigenvalue weighted by Gasteiger charge is 2.32. The molecule has 1 saturated heterocycles. The fourth-order valence-corrected chi connectivity index (χ4v) is 4.10. The zero-order chi connectivity index (χ0) is 22.1. The Labute approximate surface area is 189 Å². The summed E-state index contributed by atoms with van der Waals surface area (Å²) in [5.41, 5.74) is 2.39. The van der Waals surface area contributed by atoms with Gasteiger partial charge in [-0.25, -0.2) is 4.68 Å². The molecule has 2 aliphatic heterocycles. The van der Waals surface area contributed by atoms with E-state index in [0.29, 0.717) is 54.8 Å². The van der Waals surface area contributed by atoms with Crippen molar-refractivity contribution in [3.05, 3.63) is 76.3 Å². The molecular formula is C22H21ClN6O3. The van der Waals surface area contributed by atoms with Gasteiger partial charge < -0.3 is 14.5 Å². The maximum Gasteiger partial charge on any atom is 0.276 e. The van der Waals surface area contributed by atoms with Crippen molar-refractivity contribution in [2.45, 2.75) is 19.3 Å². The van der Waals surface area contributed by atoms with Gasteiger partial charge in [-0.3, -0.25) is 14.6 Å². The second kappa shape index (κ2) is 8.68. The van der Waals surface area contributed by atoms with E-state index in [-0.39, 0.29) is 24.5 Å². The number of carbonyl (C=O) groups excluding carboxylic acids is 2. The lowest BCUT2D eigenvalue weighted by atomic mass is 10.1. The van der Waals surface area contributed by atoms with Gasteiger partial charge in [-0.05, 0) is 29.8 Å². The second-order valence-corrected chi connectivity index (χ2v) is 8.15. The Kier molecular flexibility index (Phi) is 5.59. The van der Waals surface area contributed by atoms with E-state index in [2.05, 4.69) is 15.3 Å². The average Bonchev–Trinajstić information content (AvgIpc) is 3.27. The molecule has 5 rings (SSSR count). The number of halogens is 1. The Hall–Kier alpha value is -3.30. The van der Waals surface area contributed by atoms with E-state index in [0.717, 1.165) is 5.56 Å². The number of amides is 2. The predicted octanol–water partition coefficient (Wildman–Crippen LogP) is 2.20. The summed E-state index contributed by atoms with van der Waals surface area (Å²) in [5, 5.41) is 9.00. The van der Waals surface area contributed by atoms with Crippen LogP contribution in [0.1, 0.15) is 38.3 Å². The van der Waals surface area contributed by atoms with Gasteiger partial charge in [0.05, 0.1) is 18.8 Å². The van der Waals surface area contributed by atoms with Gasteiger partial charge in [0.2, 0.25) is 0 Å². The van der Waals surface area contributed by atoms with Crippen molar-refractivity contribution in [1.82, 2.24) is 29.8 Å². The SMILES string of the molecule is O=C(c1ccccn1)N1CCN(C(=O)c2nnn3c2COC(c2ccc(Cl)cc2)C3)CC1. The second-order valence-electron chi connectivity index (χ2n) is 7.72. The van der Waals surface area contributed by atoms with Crippen molar-refractivity contribution in [1.29, 1.82) is 0 Å². The first-order valence-corrected chi connectivity index (χ1v) is 10.8. The number of hydrogen-bond donors (Lipinski definition) is 0. The normalized spacial score (nSPS) is 18.3. The van der Waals surface area contributed by atoms with Gasteiger partial charge in [0.15, 0.2) is 5.69 Å². The van der Waals surface area contributed by atoms with Crippen molar-refractivity contribution < 1.29 is 14.3 Å². The van der Waals surface area contributed by atoms with Gasteiger partial charge in [-0.15, -0.1) is 5.10 Å². The Balaban J connectivity index is 1.23. The number of ether oxygens (including phenoxy) is 1. The molecule has 32 heavy (non-hydrogen) atoms. The first kappa shape index (κ1) is 20.6. The summed E-state index contributed by atoms with van der Waals surface area (Å²) in [5.74, 6) is -0.315. The third-order valence-corrected chi connectivity index (χ3v) is 6.03. The molecule has 1 fully saturated rings. The summed E-state index contributed by atoms with van der Waals surface area (Å²) in [4.78, 5) is 33.2. The summed E-state index contributed by atoms with van der Waals surface area (Å²) in [6, 6.07) is 12.7. The van der Waals surface area contributed by atoms with Crippen LogP contribution in [0.4, 0.5) is 0 Å². The molecule has 0 spiro atoms. The van der Waals surface area contributed by atoms with Gasteiger partial charge in [0.1, 0.15) is 11.8 Å². The van der Waals surface area contributed by atoms with Gasteiger partial charge in [-0.2, -0.15) is 0 Å². The average molecular weight is 453 g/mol. The highest BCUT2D eigenvalue weighted by Crippen LogP contribution is 2.28. The van der Waals surface area contributed by atoms with E-state index in [4.69, 9.17) is 16.3 Å². The zero-order valence-corrected chi connectivity index (χ0v) is 18.0. The van der Waals surface area contributed by atoms with Gasteiger partial charge in [0.25, 0.3) is 11.8 Å². The lowest BCUT2D eigenvalue weighted by Gasteiger charge is -2.34. The molecule has 0 N–H and O–H groups in total. The molecular weight excluding hydrogens is 432 g/mol. The smallest absolute Gasteiger partial charge is 0.276 e. The predicted molar refractivity (Wildman–Crippen MR) is 115 cm³/mol. The van der Waals surface area contributed by atoms with Crippen molar-refractivity contribution in [3.8, 4) is 0 Å². The molecule has 10 heteroatoms. The van der Waals surface area contributed by atoms with Crippen LogP contribution in [0.25, 0.3) is 0 Å². The first-order chi connectivity index (χ1) is 15.6. The minimum Gasteiger partial charge on any atom is -0.365 e.